The summed E-state index contributed by atoms with van der Waals surface area (Å²) in [6.45, 7) is 9.42. The molecule has 3 aromatic rings. The number of carbonyl (C=O) groups is 1. The monoisotopic (exact) mass is 379 g/mol. The van der Waals surface area contributed by atoms with Crippen molar-refractivity contribution in [2.45, 2.75) is 40.8 Å². The molecule has 0 atom stereocenters. The topological polar surface area (TPSA) is 90.0 Å². The molecule has 1 amide bonds. The number of hydrogen-bond donors (Lipinski definition) is 1. The van der Waals surface area contributed by atoms with Gasteiger partial charge in [-0.3, -0.25) is 4.79 Å². The Morgan fingerprint density at radius 3 is 2.71 bits per heavy atom. The standard InChI is InChI=1S/C20H25N7O/c1-14(2)12-26-15(3)10-18(16(26)4)11-21-22-19(28)13-27-24-20(23-25-27)17-8-6-5-7-9-17/h5-11,14H,12-13H2,1-4H3,(H,22,28). The molecule has 28 heavy (non-hydrogen) atoms. The van der Waals surface area contributed by atoms with Crippen molar-refractivity contribution < 1.29 is 4.79 Å². The van der Waals surface area contributed by atoms with Gasteiger partial charge in [0.2, 0.25) is 5.82 Å². The molecule has 0 saturated heterocycles. The SMILES string of the molecule is Cc1cc(C=NNC(=O)Cn2nnc(-c3ccccc3)n2)c(C)n1CC(C)C. The van der Waals surface area contributed by atoms with Gasteiger partial charge in [0, 0.05) is 29.1 Å². The Kier molecular flexibility index (Phi) is 5.98. The van der Waals surface area contributed by atoms with Crippen LogP contribution in [0.5, 0.6) is 0 Å². The second-order valence-corrected chi connectivity index (χ2v) is 7.13. The van der Waals surface area contributed by atoms with Crippen LogP contribution in [0.3, 0.4) is 0 Å². The van der Waals surface area contributed by atoms with Crippen molar-refractivity contribution in [1.29, 1.82) is 0 Å². The number of hydrazone groups is 1. The third kappa shape index (κ3) is 4.70. The van der Waals surface area contributed by atoms with Crippen LogP contribution in [0, 0.1) is 19.8 Å². The summed E-state index contributed by atoms with van der Waals surface area (Å²) in [7, 11) is 0. The van der Waals surface area contributed by atoms with Crippen LogP contribution in [-0.4, -0.2) is 36.9 Å². The van der Waals surface area contributed by atoms with Gasteiger partial charge in [-0.05, 0) is 31.0 Å². The van der Waals surface area contributed by atoms with Crippen LogP contribution in [0.2, 0.25) is 0 Å². The second kappa shape index (κ2) is 8.60. The summed E-state index contributed by atoms with van der Waals surface area (Å²) in [6.07, 6.45) is 1.67. The van der Waals surface area contributed by atoms with Crippen LogP contribution in [0.15, 0.2) is 41.5 Å². The number of nitrogens with one attached hydrogen (secondary N) is 1. The van der Waals surface area contributed by atoms with E-state index in [4.69, 9.17) is 0 Å². The molecule has 0 spiro atoms. The van der Waals surface area contributed by atoms with Crippen molar-refractivity contribution in [2.24, 2.45) is 11.0 Å². The van der Waals surface area contributed by atoms with E-state index in [-0.39, 0.29) is 12.5 Å². The molecule has 146 valence electrons. The summed E-state index contributed by atoms with van der Waals surface area (Å²) in [5.74, 6) is 0.726. The fourth-order valence-corrected chi connectivity index (χ4v) is 2.96. The minimum Gasteiger partial charge on any atom is -0.348 e. The van der Waals surface area contributed by atoms with Crippen LogP contribution >= 0.6 is 0 Å². The predicted octanol–water partition coefficient (Wildman–Crippen LogP) is 2.56. The Labute approximate surface area is 164 Å². The van der Waals surface area contributed by atoms with Crippen LogP contribution in [0.4, 0.5) is 0 Å². The predicted molar refractivity (Wildman–Crippen MR) is 108 cm³/mol. The molecule has 1 aromatic carbocycles. The van der Waals surface area contributed by atoms with Crippen LogP contribution in [0.25, 0.3) is 11.4 Å². The second-order valence-electron chi connectivity index (χ2n) is 7.13. The summed E-state index contributed by atoms with van der Waals surface area (Å²) in [6, 6.07) is 11.6. The van der Waals surface area contributed by atoms with E-state index in [1.54, 1.807) is 6.21 Å². The van der Waals surface area contributed by atoms with E-state index in [9.17, 15) is 4.79 Å². The number of benzene rings is 1. The van der Waals surface area contributed by atoms with Crippen LogP contribution < -0.4 is 5.43 Å². The van der Waals surface area contributed by atoms with Gasteiger partial charge in [-0.25, -0.2) is 5.43 Å². The zero-order valence-electron chi connectivity index (χ0n) is 16.6. The van der Waals surface area contributed by atoms with Gasteiger partial charge in [0.25, 0.3) is 5.91 Å². The number of carbonyl (C=O) groups excluding carboxylic acids is 1. The van der Waals surface area contributed by atoms with Gasteiger partial charge >= 0.3 is 0 Å². The minimum absolute atomic E-state index is 0.0520. The van der Waals surface area contributed by atoms with Gasteiger partial charge in [0.05, 0.1) is 6.21 Å². The zero-order valence-corrected chi connectivity index (χ0v) is 16.6. The molecule has 8 heteroatoms. The Morgan fingerprint density at radius 2 is 2.00 bits per heavy atom. The maximum absolute atomic E-state index is 12.1. The van der Waals surface area contributed by atoms with Gasteiger partial charge in [0.1, 0.15) is 6.54 Å². The van der Waals surface area contributed by atoms with Gasteiger partial charge in [0.15, 0.2) is 0 Å². The average Bonchev–Trinajstić information content (AvgIpc) is 3.22. The molecule has 0 aliphatic carbocycles. The Bertz CT molecular complexity index is 970. The molecule has 2 aromatic heterocycles. The number of amides is 1. The maximum Gasteiger partial charge on any atom is 0.263 e. The van der Waals surface area contributed by atoms with E-state index < -0.39 is 0 Å². The zero-order chi connectivity index (χ0) is 20.1. The van der Waals surface area contributed by atoms with Crippen molar-refractivity contribution in [3.8, 4) is 11.4 Å². The highest BCUT2D eigenvalue weighted by Crippen LogP contribution is 2.15. The smallest absolute Gasteiger partial charge is 0.263 e. The van der Waals surface area contributed by atoms with Crippen LogP contribution in [0.1, 0.15) is 30.8 Å². The molecular weight excluding hydrogens is 354 g/mol. The number of tetrazole rings is 1. The molecular formula is C20H25N7O. The van der Waals surface area contributed by atoms with Gasteiger partial charge in [-0.15, -0.1) is 10.2 Å². The fourth-order valence-electron chi connectivity index (χ4n) is 2.96. The Hall–Kier alpha value is -3.29. The molecule has 0 aliphatic heterocycles. The molecule has 0 aliphatic rings. The van der Waals surface area contributed by atoms with Crippen LogP contribution in [-0.2, 0) is 17.9 Å². The Morgan fingerprint density at radius 1 is 1.25 bits per heavy atom. The van der Waals surface area contributed by atoms with Crippen molar-refractivity contribution in [3.63, 3.8) is 0 Å². The summed E-state index contributed by atoms with van der Waals surface area (Å²) in [5, 5.41) is 16.2. The van der Waals surface area contributed by atoms with Gasteiger partial charge in [-0.2, -0.15) is 9.90 Å². The molecule has 0 fully saturated rings. The first kappa shape index (κ1) is 19.5. The highest BCUT2D eigenvalue weighted by atomic mass is 16.2. The lowest BCUT2D eigenvalue weighted by Crippen LogP contribution is -2.24. The summed E-state index contributed by atoms with van der Waals surface area (Å²) in [5.41, 5.74) is 6.67. The van der Waals surface area contributed by atoms with Crippen molar-refractivity contribution >= 4 is 12.1 Å². The molecule has 0 bridgehead atoms. The minimum atomic E-state index is -0.316. The van der Waals surface area contributed by atoms with E-state index in [1.807, 2.05) is 30.3 Å². The first-order chi connectivity index (χ1) is 13.4. The molecule has 3 rings (SSSR count). The number of nitrogens with zero attached hydrogens (tertiary/aromatic N) is 6. The number of aromatic nitrogens is 5. The molecule has 2 heterocycles. The van der Waals surface area contributed by atoms with E-state index in [2.05, 4.69) is 64.3 Å². The van der Waals surface area contributed by atoms with Gasteiger partial charge in [-0.1, -0.05) is 44.2 Å². The molecule has 0 saturated carbocycles. The highest BCUT2D eigenvalue weighted by molar-refractivity contribution is 5.83. The average molecular weight is 379 g/mol. The highest BCUT2D eigenvalue weighted by Gasteiger charge is 2.10. The molecule has 8 nitrogen and oxygen atoms in total. The summed E-state index contributed by atoms with van der Waals surface area (Å²) >= 11 is 0. The third-order valence-corrected chi connectivity index (χ3v) is 4.32. The van der Waals surface area contributed by atoms with Gasteiger partial charge < -0.3 is 4.57 Å². The number of aryl methyl sites for hydroxylation is 1. The summed E-state index contributed by atoms with van der Waals surface area (Å²) in [4.78, 5) is 13.3. The number of rotatable bonds is 7. The maximum atomic E-state index is 12.1. The van der Waals surface area contributed by atoms with Crippen molar-refractivity contribution in [1.82, 2.24) is 30.2 Å². The molecule has 0 radical (unpaired) electrons. The van der Waals surface area contributed by atoms with E-state index in [0.717, 1.165) is 23.4 Å². The summed E-state index contributed by atoms with van der Waals surface area (Å²) < 4.78 is 2.26. The van der Waals surface area contributed by atoms with E-state index in [1.165, 1.54) is 10.5 Å². The molecule has 1 N–H and O–H groups in total. The largest absolute Gasteiger partial charge is 0.348 e. The first-order valence-electron chi connectivity index (χ1n) is 9.26. The quantitative estimate of drug-likeness (QED) is 0.505. The van der Waals surface area contributed by atoms with E-state index in [0.29, 0.717) is 11.7 Å². The van der Waals surface area contributed by atoms with Crippen molar-refractivity contribution in [2.75, 3.05) is 0 Å². The third-order valence-electron chi connectivity index (χ3n) is 4.32. The lowest BCUT2D eigenvalue weighted by molar-refractivity contribution is -0.122. The number of hydrogen-bond acceptors (Lipinski definition) is 5. The lowest BCUT2D eigenvalue weighted by atomic mass is 10.2. The normalized spacial score (nSPS) is 11.5. The fraction of sp³-hybridized carbons (Fsp3) is 0.350. The van der Waals surface area contributed by atoms with E-state index >= 15 is 0 Å². The molecule has 0 unspecified atom stereocenters. The first-order valence-corrected chi connectivity index (χ1v) is 9.26. The lowest BCUT2D eigenvalue weighted by Gasteiger charge is -2.11. The van der Waals surface area contributed by atoms with Crippen molar-refractivity contribution in [3.05, 3.63) is 53.3 Å². The Balaban J connectivity index is 1.58.